The maximum absolute atomic E-state index is 3.38. The molecule has 1 nitrogen and oxygen atoms in total. The van der Waals surface area contributed by atoms with E-state index in [2.05, 4.69) is 50.8 Å². The van der Waals surface area contributed by atoms with E-state index < -0.39 is 0 Å². The Morgan fingerprint density at radius 2 is 1.92 bits per heavy atom. The van der Waals surface area contributed by atoms with Crippen LogP contribution in [0.4, 0.5) is 0 Å². The van der Waals surface area contributed by atoms with Crippen LogP contribution in [0.1, 0.15) is 34.6 Å². The number of hydrogen-bond donors (Lipinski definition) is 1. The van der Waals surface area contributed by atoms with Crippen molar-refractivity contribution >= 4 is 11.9 Å². The van der Waals surface area contributed by atoms with Gasteiger partial charge in [-0.1, -0.05) is 34.6 Å². The molecule has 1 heterocycles. The van der Waals surface area contributed by atoms with Gasteiger partial charge in [0.2, 0.25) is 0 Å². The zero-order valence-electron chi connectivity index (χ0n) is 9.14. The van der Waals surface area contributed by atoms with Gasteiger partial charge < -0.3 is 4.72 Å². The molecule has 1 N–H and O–H groups in total. The second-order valence-electron chi connectivity index (χ2n) is 4.75. The van der Waals surface area contributed by atoms with Crippen molar-refractivity contribution in [1.82, 2.24) is 4.72 Å². The molecule has 0 aromatic heterocycles. The van der Waals surface area contributed by atoms with Crippen LogP contribution in [-0.2, 0) is 0 Å². The van der Waals surface area contributed by atoms with Gasteiger partial charge in [-0.25, -0.2) is 0 Å². The molecule has 0 saturated heterocycles. The molecule has 0 radical (unpaired) electrons. The lowest BCUT2D eigenvalue weighted by Crippen LogP contribution is -2.21. The lowest BCUT2D eigenvalue weighted by molar-refractivity contribution is 0.498. The second kappa shape index (κ2) is 3.79. The molecule has 0 aromatic rings. The molecule has 0 aliphatic carbocycles. The van der Waals surface area contributed by atoms with Crippen LogP contribution in [0.15, 0.2) is 22.8 Å². The Morgan fingerprint density at radius 1 is 1.31 bits per heavy atom. The number of hydrogen-bond acceptors (Lipinski definition) is 2. The Bertz CT molecular complexity index is 243. The van der Waals surface area contributed by atoms with Crippen molar-refractivity contribution in [2.45, 2.75) is 34.6 Å². The maximum Gasteiger partial charge on any atom is 0.0276 e. The van der Waals surface area contributed by atoms with Gasteiger partial charge in [-0.05, 0) is 40.3 Å². The van der Waals surface area contributed by atoms with E-state index in [0.29, 0.717) is 5.92 Å². The van der Waals surface area contributed by atoms with Crippen molar-refractivity contribution in [3.63, 3.8) is 0 Å². The first-order chi connectivity index (χ1) is 5.93. The highest BCUT2D eigenvalue weighted by Crippen LogP contribution is 2.34. The largest absolute Gasteiger partial charge is 0.329 e. The van der Waals surface area contributed by atoms with Crippen molar-refractivity contribution in [3.05, 3.63) is 22.8 Å². The van der Waals surface area contributed by atoms with Gasteiger partial charge in [0, 0.05) is 5.70 Å². The Kier molecular flexibility index (Phi) is 3.12. The molecule has 0 unspecified atom stereocenters. The average Bonchev–Trinajstić information content (AvgIpc) is 2.03. The molecule has 1 rings (SSSR count). The first-order valence-electron chi connectivity index (χ1n) is 4.76. The molecule has 1 aliphatic rings. The number of allylic oxidation sites excluding steroid dienone is 3. The highest BCUT2D eigenvalue weighted by molar-refractivity contribution is 8.00. The molecule has 1 aliphatic heterocycles. The third-order valence-electron chi connectivity index (χ3n) is 2.15. The van der Waals surface area contributed by atoms with Crippen LogP contribution in [0, 0.1) is 11.3 Å². The van der Waals surface area contributed by atoms with Crippen molar-refractivity contribution in [3.8, 4) is 0 Å². The first-order valence-corrected chi connectivity index (χ1v) is 5.63. The average molecular weight is 197 g/mol. The minimum atomic E-state index is 0.240. The lowest BCUT2D eigenvalue weighted by Gasteiger charge is -2.29. The van der Waals surface area contributed by atoms with Gasteiger partial charge >= 0.3 is 0 Å². The summed E-state index contributed by atoms with van der Waals surface area (Å²) in [6.07, 6.45) is 2.23. The molecule has 0 bridgehead atoms. The Hall–Kier alpha value is -0.370. The van der Waals surface area contributed by atoms with E-state index in [1.165, 1.54) is 11.3 Å². The fraction of sp³-hybridized carbons (Fsp3) is 0.636. The smallest absolute Gasteiger partial charge is 0.0276 e. The SMILES string of the molecule is CC(C)C1=C(C(C)(C)C)C=CSN1. The van der Waals surface area contributed by atoms with E-state index in [4.69, 9.17) is 0 Å². The van der Waals surface area contributed by atoms with E-state index in [1.807, 2.05) is 0 Å². The number of nitrogens with one attached hydrogen (secondary N) is 1. The molecule has 0 spiro atoms. The topological polar surface area (TPSA) is 12.0 Å². The van der Waals surface area contributed by atoms with Gasteiger partial charge in [-0.15, -0.1) is 0 Å². The summed E-state index contributed by atoms with van der Waals surface area (Å²) in [6.45, 7) is 11.2. The predicted molar refractivity (Wildman–Crippen MR) is 61.2 cm³/mol. The maximum atomic E-state index is 3.38. The molecule has 0 amide bonds. The summed E-state index contributed by atoms with van der Waals surface area (Å²) in [5.74, 6) is 0.576. The van der Waals surface area contributed by atoms with E-state index in [1.54, 1.807) is 11.9 Å². The van der Waals surface area contributed by atoms with Crippen LogP contribution in [0.3, 0.4) is 0 Å². The zero-order valence-corrected chi connectivity index (χ0v) is 9.96. The standard InChI is InChI=1S/C11H19NS/c1-8(2)10-9(11(3,4)5)6-7-13-12-10/h6-8,12H,1-5H3. The van der Waals surface area contributed by atoms with Crippen LogP contribution in [0.25, 0.3) is 0 Å². The molecule has 0 fully saturated rings. The molecule has 74 valence electrons. The van der Waals surface area contributed by atoms with Gasteiger partial charge in [-0.3, -0.25) is 0 Å². The van der Waals surface area contributed by atoms with Gasteiger partial charge in [-0.2, -0.15) is 0 Å². The van der Waals surface area contributed by atoms with Crippen LogP contribution >= 0.6 is 11.9 Å². The summed E-state index contributed by atoms with van der Waals surface area (Å²) in [6, 6.07) is 0. The summed E-state index contributed by atoms with van der Waals surface area (Å²) >= 11 is 1.66. The Morgan fingerprint density at radius 3 is 2.31 bits per heavy atom. The van der Waals surface area contributed by atoms with E-state index >= 15 is 0 Å². The van der Waals surface area contributed by atoms with Crippen molar-refractivity contribution in [1.29, 1.82) is 0 Å². The van der Waals surface area contributed by atoms with Crippen molar-refractivity contribution < 1.29 is 0 Å². The predicted octanol–water partition coefficient (Wildman–Crippen LogP) is 3.71. The summed E-state index contributed by atoms with van der Waals surface area (Å²) in [5, 5.41) is 2.12. The molecular weight excluding hydrogens is 178 g/mol. The summed E-state index contributed by atoms with van der Waals surface area (Å²) in [4.78, 5) is 0. The molecule has 0 aromatic carbocycles. The first kappa shape index (κ1) is 10.7. The lowest BCUT2D eigenvalue weighted by atomic mass is 9.83. The molecule has 0 saturated carbocycles. The van der Waals surface area contributed by atoms with Crippen LogP contribution in [-0.4, -0.2) is 0 Å². The molecule has 13 heavy (non-hydrogen) atoms. The van der Waals surface area contributed by atoms with Crippen LogP contribution in [0.5, 0.6) is 0 Å². The quantitative estimate of drug-likeness (QED) is 0.643. The van der Waals surface area contributed by atoms with E-state index in [0.717, 1.165) is 0 Å². The fourth-order valence-electron chi connectivity index (χ4n) is 1.43. The van der Waals surface area contributed by atoms with Gasteiger partial charge in [0.15, 0.2) is 0 Å². The molecular formula is C11H19NS. The van der Waals surface area contributed by atoms with E-state index in [9.17, 15) is 0 Å². The third-order valence-corrected chi connectivity index (χ3v) is 2.76. The summed E-state index contributed by atoms with van der Waals surface area (Å²) in [7, 11) is 0. The monoisotopic (exact) mass is 197 g/mol. The highest BCUT2D eigenvalue weighted by atomic mass is 32.2. The van der Waals surface area contributed by atoms with E-state index in [-0.39, 0.29) is 5.41 Å². The van der Waals surface area contributed by atoms with Gasteiger partial charge in [0.05, 0.1) is 0 Å². The minimum absolute atomic E-state index is 0.240. The molecule has 2 heteroatoms. The Balaban J connectivity index is 3.05. The third kappa shape index (κ3) is 2.53. The minimum Gasteiger partial charge on any atom is -0.329 e. The number of rotatable bonds is 1. The zero-order chi connectivity index (χ0) is 10.1. The summed E-state index contributed by atoms with van der Waals surface area (Å²) < 4.78 is 3.38. The summed E-state index contributed by atoms with van der Waals surface area (Å²) in [5.41, 5.74) is 3.05. The van der Waals surface area contributed by atoms with Crippen molar-refractivity contribution in [2.24, 2.45) is 11.3 Å². The highest BCUT2D eigenvalue weighted by Gasteiger charge is 2.22. The molecule has 0 atom stereocenters. The van der Waals surface area contributed by atoms with Gasteiger partial charge in [0.1, 0.15) is 0 Å². The van der Waals surface area contributed by atoms with Crippen LogP contribution < -0.4 is 4.72 Å². The van der Waals surface area contributed by atoms with Gasteiger partial charge in [0.25, 0.3) is 0 Å². The van der Waals surface area contributed by atoms with Crippen LogP contribution in [0.2, 0.25) is 0 Å². The van der Waals surface area contributed by atoms with Crippen molar-refractivity contribution in [2.75, 3.05) is 0 Å². The second-order valence-corrected chi connectivity index (χ2v) is 5.47. The Labute approximate surface area is 85.8 Å². The fourth-order valence-corrected chi connectivity index (χ4v) is 2.17. The normalized spacial score (nSPS) is 18.0.